The quantitative estimate of drug-likeness (QED) is 0.390. The highest BCUT2D eigenvalue weighted by molar-refractivity contribution is 7.16. The van der Waals surface area contributed by atoms with Crippen LogP contribution in [0.4, 0.5) is 10.8 Å². The van der Waals surface area contributed by atoms with Crippen LogP contribution >= 0.6 is 34.5 Å². The number of fused-ring (bicyclic) bond motifs is 3. The van der Waals surface area contributed by atoms with Crippen molar-refractivity contribution >= 4 is 51.3 Å². The predicted octanol–water partition coefficient (Wildman–Crippen LogP) is 6.03. The Morgan fingerprint density at radius 1 is 1.23 bits per heavy atom. The molecule has 1 aliphatic rings. The first-order valence-corrected chi connectivity index (χ1v) is 11.7. The van der Waals surface area contributed by atoms with E-state index in [0.717, 1.165) is 39.1 Å². The summed E-state index contributed by atoms with van der Waals surface area (Å²) in [7, 11) is 2.04. The minimum atomic E-state index is -0.201. The molecule has 0 aliphatic carbocycles. The number of anilines is 2. The number of carbonyl (C=O) groups is 1. The molecule has 31 heavy (non-hydrogen) atoms. The van der Waals surface area contributed by atoms with Gasteiger partial charge in [0, 0.05) is 31.4 Å². The molecule has 8 heteroatoms. The highest BCUT2D eigenvalue weighted by Gasteiger charge is 2.27. The molecule has 2 aromatic carbocycles. The van der Waals surface area contributed by atoms with Crippen LogP contribution in [-0.2, 0) is 22.6 Å². The van der Waals surface area contributed by atoms with E-state index in [1.807, 2.05) is 44.3 Å². The van der Waals surface area contributed by atoms with Gasteiger partial charge in [-0.25, -0.2) is 4.98 Å². The summed E-state index contributed by atoms with van der Waals surface area (Å²) >= 11 is 14.2. The van der Waals surface area contributed by atoms with Crippen LogP contribution in [0, 0.1) is 0 Å². The molecule has 0 amide bonds. The van der Waals surface area contributed by atoms with Gasteiger partial charge in [0.2, 0.25) is 0 Å². The lowest BCUT2D eigenvalue weighted by Crippen LogP contribution is -2.26. The van der Waals surface area contributed by atoms with Gasteiger partial charge in [0.1, 0.15) is 0 Å². The molecule has 0 unspecified atom stereocenters. The smallest absolute Gasteiger partial charge is 0.307 e. The number of hydrogen-bond donors (Lipinski definition) is 0. The maximum atomic E-state index is 12.0. The second-order valence-electron chi connectivity index (χ2n) is 7.37. The Morgan fingerprint density at radius 3 is 2.71 bits per heavy atom. The zero-order valence-electron chi connectivity index (χ0n) is 17.4. The first-order chi connectivity index (χ1) is 15.0. The number of benzene rings is 2. The molecule has 3 aromatic rings. The fourth-order valence-electron chi connectivity index (χ4n) is 3.64. The maximum Gasteiger partial charge on any atom is 0.307 e. The van der Waals surface area contributed by atoms with Gasteiger partial charge in [0.25, 0.3) is 0 Å². The van der Waals surface area contributed by atoms with Crippen LogP contribution in [0.3, 0.4) is 0 Å². The molecule has 0 fully saturated rings. The Balaban J connectivity index is 1.68. The molecule has 1 aromatic heterocycles. The second kappa shape index (κ2) is 9.47. The summed E-state index contributed by atoms with van der Waals surface area (Å²) in [4.78, 5) is 22.4. The van der Waals surface area contributed by atoms with Crippen LogP contribution < -0.4 is 9.80 Å². The Hall–Kier alpha value is -2.28. The standard InChI is InChI=1S/C23H23Cl2N3O2S/c1-3-30-21(29)9-10-28(13-15-7-5-4-6-8-15)23-26-22-16-11-17(24)18(25)12-19(16)27(2)14-20(22)31-23/h4-8,11-12H,3,9-10,13-14H2,1-2H3. The van der Waals surface area contributed by atoms with Gasteiger partial charge in [-0.3, -0.25) is 4.79 Å². The van der Waals surface area contributed by atoms with Crippen molar-refractivity contribution in [2.24, 2.45) is 0 Å². The van der Waals surface area contributed by atoms with Crippen LogP contribution in [0.2, 0.25) is 10.0 Å². The largest absolute Gasteiger partial charge is 0.466 e. The monoisotopic (exact) mass is 475 g/mol. The van der Waals surface area contributed by atoms with Gasteiger partial charge < -0.3 is 14.5 Å². The number of hydrogen-bond acceptors (Lipinski definition) is 6. The minimum Gasteiger partial charge on any atom is -0.466 e. The van der Waals surface area contributed by atoms with E-state index >= 15 is 0 Å². The van der Waals surface area contributed by atoms with E-state index in [1.165, 1.54) is 0 Å². The summed E-state index contributed by atoms with van der Waals surface area (Å²) in [6, 6.07) is 14.0. The number of thiazole rings is 1. The number of carbonyl (C=O) groups excluding carboxylic acids is 1. The van der Waals surface area contributed by atoms with Gasteiger partial charge in [-0.05, 0) is 24.6 Å². The average molecular weight is 476 g/mol. The van der Waals surface area contributed by atoms with Gasteiger partial charge in [0.05, 0.1) is 40.2 Å². The first kappa shape index (κ1) is 21.9. The predicted molar refractivity (Wildman–Crippen MR) is 128 cm³/mol. The molecule has 0 spiro atoms. The van der Waals surface area contributed by atoms with Crippen LogP contribution in [0.15, 0.2) is 42.5 Å². The molecule has 2 heterocycles. The molecule has 162 valence electrons. The van der Waals surface area contributed by atoms with Crippen molar-refractivity contribution in [1.82, 2.24) is 4.98 Å². The molecule has 0 bridgehead atoms. The zero-order valence-corrected chi connectivity index (χ0v) is 19.7. The van der Waals surface area contributed by atoms with Gasteiger partial charge in [-0.15, -0.1) is 0 Å². The minimum absolute atomic E-state index is 0.201. The summed E-state index contributed by atoms with van der Waals surface area (Å²) in [5.41, 5.74) is 4.08. The molecule has 0 radical (unpaired) electrons. The van der Waals surface area contributed by atoms with Crippen LogP contribution in [-0.4, -0.2) is 31.2 Å². The summed E-state index contributed by atoms with van der Waals surface area (Å²) in [5.74, 6) is -0.201. The molecule has 1 aliphatic heterocycles. The van der Waals surface area contributed by atoms with Crippen LogP contribution in [0.1, 0.15) is 23.8 Å². The van der Waals surface area contributed by atoms with E-state index in [1.54, 1.807) is 11.3 Å². The zero-order chi connectivity index (χ0) is 22.0. The Bertz CT molecular complexity index is 1090. The van der Waals surface area contributed by atoms with Crippen molar-refractivity contribution in [2.75, 3.05) is 30.0 Å². The molecule has 0 saturated heterocycles. The highest BCUT2D eigenvalue weighted by Crippen LogP contribution is 2.45. The van der Waals surface area contributed by atoms with E-state index in [9.17, 15) is 4.79 Å². The molecule has 4 rings (SSSR count). The fraction of sp³-hybridized carbons (Fsp3) is 0.304. The van der Waals surface area contributed by atoms with Crippen molar-refractivity contribution in [3.05, 3.63) is 63.0 Å². The summed E-state index contributed by atoms with van der Waals surface area (Å²) in [6.45, 7) is 4.14. The normalized spacial score (nSPS) is 12.3. The molecule has 0 atom stereocenters. The van der Waals surface area contributed by atoms with Crippen molar-refractivity contribution in [3.8, 4) is 11.3 Å². The molecule has 0 saturated carbocycles. The Labute approximate surface area is 196 Å². The third-order valence-corrected chi connectivity index (χ3v) is 6.97. The van der Waals surface area contributed by atoms with Crippen LogP contribution in [0.25, 0.3) is 11.3 Å². The number of esters is 1. The lowest BCUT2D eigenvalue weighted by Gasteiger charge is -2.27. The SMILES string of the molecule is CCOC(=O)CCN(Cc1ccccc1)c1nc2c(s1)CN(C)c1cc(Cl)c(Cl)cc1-2. The number of rotatable bonds is 7. The lowest BCUT2D eigenvalue weighted by atomic mass is 10.0. The molecule has 0 N–H and O–H groups in total. The van der Waals surface area contributed by atoms with E-state index in [0.29, 0.717) is 36.2 Å². The van der Waals surface area contributed by atoms with Crippen molar-refractivity contribution in [2.45, 2.75) is 26.4 Å². The van der Waals surface area contributed by atoms with E-state index < -0.39 is 0 Å². The van der Waals surface area contributed by atoms with E-state index in [-0.39, 0.29) is 5.97 Å². The Kier molecular flexibility index (Phi) is 6.70. The lowest BCUT2D eigenvalue weighted by molar-refractivity contribution is -0.142. The van der Waals surface area contributed by atoms with E-state index in [2.05, 4.69) is 21.9 Å². The average Bonchev–Trinajstić information content (AvgIpc) is 3.17. The molecule has 5 nitrogen and oxygen atoms in total. The summed E-state index contributed by atoms with van der Waals surface area (Å²) in [6.07, 6.45) is 0.308. The third kappa shape index (κ3) is 4.81. The topological polar surface area (TPSA) is 45.7 Å². The van der Waals surface area contributed by atoms with Gasteiger partial charge in [-0.1, -0.05) is 64.9 Å². The number of halogens is 2. The van der Waals surface area contributed by atoms with Crippen LogP contribution in [0.5, 0.6) is 0 Å². The third-order valence-electron chi connectivity index (χ3n) is 5.15. The summed E-state index contributed by atoms with van der Waals surface area (Å²) in [5, 5.41) is 1.93. The fourth-order valence-corrected chi connectivity index (χ4v) is 5.11. The molecular weight excluding hydrogens is 453 g/mol. The maximum absolute atomic E-state index is 12.0. The highest BCUT2D eigenvalue weighted by atomic mass is 35.5. The van der Waals surface area contributed by atoms with Crippen molar-refractivity contribution in [3.63, 3.8) is 0 Å². The number of nitrogens with zero attached hydrogens (tertiary/aromatic N) is 3. The number of aromatic nitrogens is 1. The van der Waals surface area contributed by atoms with Gasteiger partial charge >= 0.3 is 5.97 Å². The molecular formula is C23H23Cl2N3O2S. The second-order valence-corrected chi connectivity index (χ2v) is 9.25. The first-order valence-electron chi connectivity index (χ1n) is 10.1. The van der Waals surface area contributed by atoms with Crippen molar-refractivity contribution < 1.29 is 9.53 Å². The van der Waals surface area contributed by atoms with Gasteiger partial charge in [-0.2, -0.15) is 0 Å². The van der Waals surface area contributed by atoms with Crippen molar-refractivity contribution in [1.29, 1.82) is 0 Å². The Morgan fingerprint density at radius 2 is 1.97 bits per heavy atom. The van der Waals surface area contributed by atoms with Gasteiger partial charge in [0.15, 0.2) is 5.13 Å². The summed E-state index contributed by atoms with van der Waals surface area (Å²) < 4.78 is 5.13. The number of ether oxygens (including phenoxy) is 1. The van der Waals surface area contributed by atoms with E-state index in [4.69, 9.17) is 32.9 Å².